The van der Waals surface area contributed by atoms with Crippen LogP contribution in [0.1, 0.15) is 37.4 Å². The minimum Gasteiger partial charge on any atom is -0.355 e. The van der Waals surface area contributed by atoms with Crippen molar-refractivity contribution in [1.29, 1.82) is 0 Å². The monoisotopic (exact) mass is 296 g/mol. The molecule has 4 nitrogen and oxygen atoms in total. The number of carbonyl (C=O) groups excluding carboxylic acids is 2. The van der Waals surface area contributed by atoms with Crippen LogP contribution in [0.15, 0.2) is 36.4 Å². The van der Waals surface area contributed by atoms with Crippen LogP contribution in [0, 0.1) is 20.8 Å². The summed E-state index contributed by atoms with van der Waals surface area (Å²) in [5, 5.41) is 5.49. The van der Waals surface area contributed by atoms with Crippen LogP contribution in [0.4, 0.5) is 5.69 Å². The summed E-state index contributed by atoms with van der Waals surface area (Å²) in [5.74, 6) is -0.335. The van der Waals surface area contributed by atoms with Gasteiger partial charge in [-0.2, -0.15) is 0 Å². The van der Waals surface area contributed by atoms with Gasteiger partial charge in [0.25, 0.3) is 11.8 Å². The number of nitrogens with one attached hydrogen (secondary N) is 2. The van der Waals surface area contributed by atoms with Gasteiger partial charge in [-0.1, -0.05) is 23.8 Å². The second kappa shape index (κ2) is 6.43. The lowest BCUT2D eigenvalue weighted by Crippen LogP contribution is -2.20. The lowest BCUT2D eigenvalue weighted by Gasteiger charge is -2.13. The van der Waals surface area contributed by atoms with E-state index in [2.05, 4.69) is 10.6 Å². The fraction of sp³-hybridized carbons (Fsp3) is 0.222. The zero-order valence-electron chi connectivity index (χ0n) is 13.3. The van der Waals surface area contributed by atoms with Crippen molar-refractivity contribution in [2.24, 2.45) is 0 Å². The van der Waals surface area contributed by atoms with Gasteiger partial charge in [-0.3, -0.25) is 9.59 Å². The molecule has 2 rings (SSSR count). The smallest absolute Gasteiger partial charge is 0.255 e. The highest BCUT2D eigenvalue weighted by atomic mass is 16.2. The second-order valence-electron chi connectivity index (χ2n) is 5.33. The second-order valence-corrected chi connectivity index (χ2v) is 5.33. The van der Waals surface area contributed by atoms with Gasteiger partial charge in [0.15, 0.2) is 0 Å². The van der Waals surface area contributed by atoms with Gasteiger partial charge in [0, 0.05) is 23.9 Å². The standard InChI is InChI=1S/C18H20N2O2/c1-11-8-9-12(2)15(10-11)18(22)20-16-7-5-6-14(13(16)3)17(21)19-4/h5-10H,1-4H3,(H,19,21)(H,20,22). The van der Waals surface area contributed by atoms with Gasteiger partial charge in [0.2, 0.25) is 0 Å². The van der Waals surface area contributed by atoms with Crippen molar-refractivity contribution in [3.63, 3.8) is 0 Å². The number of carbonyl (C=O) groups is 2. The minimum atomic E-state index is -0.168. The van der Waals surface area contributed by atoms with Crippen molar-refractivity contribution >= 4 is 17.5 Å². The first kappa shape index (κ1) is 15.8. The SMILES string of the molecule is CNC(=O)c1cccc(NC(=O)c2cc(C)ccc2C)c1C. The van der Waals surface area contributed by atoms with Crippen molar-refractivity contribution < 1.29 is 9.59 Å². The molecule has 2 aromatic rings. The first-order chi connectivity index (χ1) is 10.4. The molecule has 0 aliphatic carbocycles. The molecule has 4 heteroatoms. The fourth-order valence-corrected chi connectivity index (χ4v) is 2.32. The lowest BCUT2D eigenvalue weighted by molar-refractivity contribution is 0.0960. The van der Waals surface area contributed by atoms with Gasteiger partial charge < -0.3 is 10.6 Å². The minimum absolute atomic E-state index is 0.166. The molecule has 0 aromatic heterocycles. The summed E-state index contributed by atoms with van der Waals surface area (Å²) in [6.07, 6.45) is 0. The maximum Gasteiger partial charge on any atom is 0.255 e. The van der Waals surface area contributed by atoms with Crippen molar-refractivity contribution in [2.75, 3.05) is 12.4 Å². The average molecular weight is 296 g/mol. The molecule has 0 fully saturated rings. The highest BCUT2D eigenvalue weighted by Crippen LogP contribution is 2.21. The number of anilines is 1. The van der Waals surface area contributed by atoms with E-state index in [9.17, 15) is 9.59 Å². The first-order valence-electron chi connectivity index (χ1n) is 7.14. The van der Waals surface area contributed by atoms with E-state index in [1.807, 2.05) is 39.0 Å². The highest BCUT2D eigenvalue weighted by Gasteiger charge is 2.14. The Kier molecular flexibility index (Phi) is 4.61. The molecule has 0 atom stereocenters. The van der Waals surface area contributed by atoms with Crippen LogP contribution in [0.5, 0.6) is 0 Å². The molecule has 22 heavy (non-hydrogen) atoms. The predicted molar refractivity (Wildman–Crippen MR) is 88.4 cm³/mol. The van der Waals surface area contributed by atoms with E-state index in [-0.39, 0.29) is 11.8 Å². The van der Waals surface area contributed by atoms with E-state index in [1.165, 1.54) is 0 Å². The Bertz CT molecular complexity index is 736. The van der Waals surface area contributed by atoms with Gasteiger partial charge in [0.05, 0.1) is 0 Å². The van der Waals surface area contributed by atoms with E-state index in [1.54, 1.807) is 25.2 Å². The molecule has 2 N–H and O–H groups in total. The molecule has 0 bridgehead atoms. The van der Waals surface area contributed by atoms with Crippen molar-refractivity contribution in [2.45, 2.75) is 20.8 Å². The molecule has 0 saturated carbocycles. The molecule has 0 unspecified atom stereocenters. The molecular weight excluding hydrogens is 276 g/mol. The van der Waals surface area contributed by atoms with Crippen LogP contribution in [0.3, 0.4) is 0 Å². The lowest BCUT2D eigenvalue weighted by atomic mass is 10.0. The summed E-state index contributed by atoms with van der Waals surface area (Å²) in [5.41, 5.74) is 4.55. The van der Waals surface area contributed by atoms with E-state index < -0.39 is 0 Å². The highest BCUT2D eigenvalue weighted by molar-refractivity contribution is 6.07. The maximum absolute atomic E-state index is 12.5. The summed E-state index contributed by atoms with van der Waals surface area (Å²) in [7, 11) is 1.59. The average Bonchev–Trinajstić information content (AvgIpc) is 2.51. The van der Waals surface area contributed by atoms with Crippen LogP contribution < -0.4 is 10.6 Å². The number of benzene rings is 2. The van der Waals surface area contributed by atoms with E-state index >= 15 is 0 Å². The fourth-order valence-electron chi connectivity index (χ4n) is 2.32. The number of aryl methyl sites for hydroxylation is 2. The Labute approximate surface area is 130 Å². The molecule has 114 valence electrons. The third kappa shape index (κ3) is 3.17. The zero-order chi connectivity index (χ0) is 16.3. The largest absolute Gasteiger partial charge is 0.355 e. The Morgan fingerprint density at radius 3 is 2.32 bits per heavy atom. The first-order valence-corrected chi connectivity index (χ1v) is 7.14. The summed E-state index contributed by atoms with van der Waals surface area (Å²) in [6.45, 7) is 5.68. The van der Waals surface area contributed by atoms with Crippen LogP contribution in [-0.2, 0) is 0 Å². The number of hydrogen-bond acceptors (Lipinski definition) is 2. The van der Waals surface area contributed by atoms with Gasteiger partial charge in [-0.25, -0.2) is 0 Å². The van der Waals surface area contributed by atoms with Crippen LogP contribution in [0.25, 0.3) is 0 Å². The molecule has 0 radical (unpaired) electrons. The number of rotatable bonds is 3. The van der Waals surface area contributed by atoms with Crippen molar-refractivity contribution in [3.05, 3.63) is 64.2 Å². The quantitative estimate of drug-likeness (QED) is 0.913. The summed E-state index contributed by atoms with van der Waals surface area (Å²) in [4.78, 5) is 24.3. The molecule has 0 aliphatic heterocycles. The third-order valence-corrected chi connectivity index (χ3v) is 3.69. The molecule has 0 spiro atoms. The van der Waals surface area contributed by atoms with E-state index in [4.69, 9.17) is 0 Å². The molecule has 2 aromatic carbocycles. The van der Waals surface area contributed by atoms with Crippen LogP contribution in [0.2, 0.25) is 0 Å². The molecule has 0 aliphatic rings. The number of amides is 2. The predicted octanol–water partition coefficient (Wildman–Crippen LogP) is 3.22. The normalized spacial score (nSPS) is 10.2. The molecule has 2 amide bonds. The molecule has 0 heterocycles. The van der Waals surface area contributed by atoms with Gasteiger partial charge in [0.1, 0.15) is 0 Å². The number of hydrogen-bond donors (Lipinski definition) is 2. The zero-order valence-corrected chi connectivity index (χ0v) is 13.3. The van der Waals surface area contributed by atoms with Gasteiger partial charge >= 0.3 is 0 Å². The van der Waals surface area contributed by atoms with Gasteiger partial charge in [-0.15, -0.1) is 0 Å². The van der Waals surface area contributed by atoms with Crippen molar-refractivity contribution in [1.82, 2.24) is 5.32 Å². The summed E-state index contributed by atoms with van der Waals surface area (Å²) < 4.78 is 0. The Morgan fingerprint density at radius 1 is 0.909 bits per heavy atom. The maximum atomic E-state index is 12.5. The van der Waals surface area contributed by atoms with Crippen LogP contribution in [-0.4, -0.2) is 18.9 Å². The molecule has 0 saturated heterocycles. The van der Waals surface area contributed by atoms with Crippen LogP contribution >= 0.6 is 0 Å². The third-order valence-electron chi connectivity index (χ3n) is 3.69. The Hall–Kier alpha value is -2.62. The summed E-state index contributed by atoms with van der Waals surface area (Å²) in [6, 6.07) is 11.1. The van der Waals surface area contributed by atoms with E-state index in [0.717, 1.165) is 16.7 Å². The van der Waals surface area contributed by atoms with Gasteiger partial charge in [-0.05, 0) is 50.1 Å². The Balaban J connectivity index is 2.33. The Morgan fingerprint density at radius 2 is 1.64 bits per heavy atom. The summed E-state index contributed by atoms with van der Waals surface area (Å²) >= 11 is 0. The van der Waals surface area contributed by atoms with Crippen molar-refractivity contribution in [3.8, 4) is 0 Å². The topological polar surface area (TPSA) is 58.2 Å². The van der Waals surface area contributed by atoms with E-state index in [0.29, 0.717) is 16.8 Å². The molecular formula is C18H20N2O2.